The molecular weight excluding hydrogens is 1420 g/mol. The average Bonchev–Trinajstić information content (AvgIpc) is 1.56. The van der Waals surface area contributed by atoms with E-state index in [1.807, 2.05) is 0 Å². The van der Waals surface area contributed by atoms with Gasteiger partial charge in [-0.25, -0.2) is 0 Å². The number of unbranched alkanes of at least 4 members (excludes halogenated alkanes) is 18. The summed E-state index contributed by atoms with van der Waals surface area (Å²) in [5.41, 5.74) is 40.3. The maximum Gasteiger partial charge on any atom is 0.0465 e. The van der Waals surface area contributed by atoms with E-state index in [1.54, 1.807) is 33.4 Å². The van der Waals surface area contributed by atoms with E-state index in [4.69, 9.17) is 0 Å². The number of fused-ring (bicyclic) bond motifs is 7. The van der Waals surface area contributed by atoms with Crippen molar-refractivity contribution in [2.75, 3.05) is 14.7 Å². The van der Waals surface area contributed by atoms with Crippen molar-refractivity contribution in [2.45, 2.75) is 321 Å². The first-order valence-electron chi connectivity index (χ1n) is 46.5. The highest BCUT2D eigenvalue weighted by Gasteiger charge is 2.45. The van der Waals surface area contributed by atoms with Gasteiger partial charge in [-0.2, -0.15) is 0 Å². The Morgan fingerprint density at radius 3 is 0.729 bits per heavy atom. The quantitative estimate of drug-likeness (QED) is 0.0356. The van der Waals surface area contributed by atoms with Crippen LogP contribution in [0.1, 0.15) is 318 Å². The summed E-state index contributed by atoms with van der Waals surface area (Å²) in [4.78, 5) is 7.30. The molecule has 3 aliphatic rings. The van der Waals surface area contributed by atoms with Crippen molar-refractivity contribution in [3.05, 3.63) is 313 Å². The second-order valence-corrected chi connectivity index (χ2v) is 35.6. The number of anilines is 9. The Bertz CT molecular complexity index is 4540. The fraction of sp³-hybridized carbons (Fsp3) is 0.426. The van der Waals surface area contributed by atoms with Gasteiger partial charge in [-0.05, 0) is 307 Å². The van der Waals surface area contributed by atoms with Crippen LogP contribution in [0.15, 0.2) is 224 Å². The van der Waals surface area contributed by atoms with Gasteiger partial charge < -0.3 is 14.7 Å². The van der Waals surface area contributed by atoms with Gasteiger partial charge in [0.2, 0.25) is 0 Å². The molecule has 3 heteroatoms. The van der Waals surface area contributed by atoms with Gasteiger partial charge in [0, 0.05) is 62.0 Å². The van der Waals surface area contributed by atoms with Crippen molar-refractivity contribution in [1.29, 1.82) is 0 Å². The predicted octanol–water partition coefficient (Wildman–Crippen LogP) is 35.3. The molecule has 0 radical (unpaired) electrons. The first-order chi connectivity index (χ1) is 57.0. The van der Waals surface area contributed by atoms with E-state index in [9.17, 15) is 0 Å². The Hall–Kier alpha value is -9.18. The number of benzene rings is 11. The van der Waals surface area contributed by atoms with Gasteiger partial charge in [-0.15, -0.1) is 0 Å². The van der Waals surface area contributed by atoms with Crippen LogP contribution in [0.3, 0.4) is 0 Å². The van der Waals surface area contributed by atoms with E-state index in [0.717, 1.165) is 0 Å². The molecule has 0 N–H and O–H groups in total. The highest BCUT2D eigenvalue weighted by atomic mass is 15.2. The summed E-state index contributed by atoms with van der Waals surface area (Å²) >= 11 is 0. The lowest BCUT2D eigenvalue weighted by Crippen LogP contribution is -2.26. The van der Waals surface area contributed by atoms with Crippen molar-refractivity contribution in [3.63, 3.8) is 0 Å². The molecule has 0 saturated heterocycles. The maximum atomic E-state index is 2.64. The minimum atomic E-state index is -0.0787. The molecule has 11 aromatic rings. The molecule has 0 fully saturated rings. The van der Waals surface area contributed by atoms with E-state index >= 15 is 0 Å². The van der Waals surface area contributed by atoms with Crippen LogP contribution in [0, 0.1) is 55.4 Å². The molecule has 0 spiro atoms. The van der Waals surface area contributed by atoms with Crippen LogP contribution in [-0.4, -0.2) is 0 Å². The standard InChI is InChI=1S/C57H68N2.C35H54.C22H21N.CH4/c1-7-9-11-13-15-17-39-57(40-18-16-14-12-10-8-2)55-41-51(58(47-27-19-43(3)20-28-47)48-29-21-44(4)22-30-48)35-37-53(55)54-38-36-52(42-56(54)57)59(49-31-23-45(5)24-32-49)50-33-25-46(6)26-34-50;1-7-11-15-17-21-35(22-18-16-12-8-2)33-23-27(5)29(19-13-9-3)25-31(33)32-26-30(20-14-10-4)28(6)24-34(32)35;1-16-3-10-20(11-4-16)23(21-12-5-17(2)6-13-21)22-14-9-18-7-8-19(18)15-22;/h19-38,41-42H,7-18,39-40H2,1-6H3;23-26H,7-22H2,1-6H3;3-6,9-15H,7-8H2,1-2H3;1H4. The Labute approximate surface area is 717 Å². The van der Waals surface area contributed by atoms with Crippen LogP contribution < -0.4 is 14.7 Å². The molecule has 0 aromatic heterocycles. The van der Waals surface area contributed by atoms with Gasteiger partial charge in [0.05, 0.1) is 0 Å². The highest BCUT2D eigenvalue weighted by Crippen LogP contribution is 2.59. The number of hydrogen-bond donors (Lipinski definition) is 0. The molecular formula is C115H147N3. The summed E-state index contributed by atoms with van der Waals surface area (Å²) < 4.78 is 0. The van der Waals surface area contributed by atoms with E-state index in [-0.39, 0.29) is 18.3 Å². The Morgan fingerprint density at radius 2 is 0.458 bits per heavy atom. The third kappa shape index (κ3) is 21.7. The third-order valence-corrected chi connectivity index (χ3v) is 26.4. The maximum absolute atomic E-state index is 2.64. The summed E-state index contributed by atoms with van der Waals surface area (Å²) in [6.07, 6.45) is 41.5. The van der Waals surface area contributed by atoms with Gasteiger partial charge in [0.1, 0.15) is 0 Å². The predicted molar refractivity (Wildman–Crippen MR) is 519 cm³/mol. The van der Waals surface area contributed by atoms with Gasteiger partial charge in [-0.3, -0.25) is 0 Å². The zero-order valence-electron chi connectivity index (χ0n) is 74.8. The Kier molecular flexibility index (Phi) is 33.2. The molecule has 0 bridgehead atoms. The molecule has 3 aliphatic carbocycles. The molecule has 0 aliphatic heterocycles. The molecule has 0 atom stereocenters. The summed E-state index contributed by atoms with van der Waals surface area (Å²) in [6, 6.07) is 86.1. The summed E-state index contributed by atoms with van der Waals surface area (Å²) in [6.45, 7) is 31.7. The fourth-order valence-electron chi connectivity index (χ4n) is 19.2. The summed E-state index contributed by atoms with van der Waals surface area (Å²) in [5, 5.41) is 0. The lowest BCUT2D eigenvalue weighted by Gasteiger charge is -2.35. The molecule has 11 aromatic carbocycles. The van der Waals surface area contributed by atoms with Crippen LogP contribution >= 0.6 is 0 Å². The fourth-order valence-corrected chi connectivity index (χ4v) is 19.2. The van der Waals surface area contributed by atoms with Crippen molar-refractivity contribution in [1.82, 2.24) is 0 Å². The van der Waals surface area contributed by atoms with Gasteiger partial charge in [-0.1, -0.05) is 339 Å². The molecule has 0 amide bonds. The number of aryl methyl sites for hydroxylation is 12. The first-order valence-corrected chi connectivity index (χ1v) is 46.5. The first kappa shape index (κ1) is 89.6. The van der Waals surface area contributed by atoms with Crippen molar-refractivity contribution < 1.29 is 0 Å². The minimum absolute atomic E-state index is 0. The van der Waals surface area contributed by atoms with Gasteiger partial charge in [0.15, 0.2) is 0 Å². The molecule has 0 saturated carbocycles. The van der Waals surface area contributed by atoms with Crippen molar-refractivity contribution in [2.24, 2.45) is 0 Å². The molecule has 0 heterocycles. The normalized spacial score (nSPS) is 12.8. The van der Waals surface area contributed by atoms with E-state index in [0.29, 0.717) is 0 Å². The van der Waals surface area contributed by atoms with Crippen LogP contribution in [0.25, 0.3) is 22.3 Å². The van der Waals surface area contributed by atoms with Crippen LogP contribution in [0.4, 0.5) is 51.2 Å². The Morgan fingerprint density at radius 1 is 0.220 bits per heavy atom. The molecule has 0 unspecified atom stereocenters. The van der Waals surface area contributed by atoms with E-state index in [1.165, 1.54) is 335 Å². The lowest BCUT2D eigenvalue weighted by molar-refractivity contribution is 0.398. The third-order valence-electron chi connectivity index (χ3n) is 26.4. The van der Waals surface area contributed by atoms with Crippen molar-refractivity contribution in [3.8, 4) is 22.3 Å². The van der Waals surface area contributed by atoms with Gasteiger partial charge >= 0.3 is 0 Å². The molecule has 622 valence electrons. The van der Waals surface area contributed by atoms with Crippen LogP contribution in [0.5, 0.6) is 0 Å². The number of nitrogens with zero attached hydrogens (tertiary/aromatic N) is 3. The second kappa shape index (κ2) is 43.7. The number of hydrogen-bond acceptors (Lipinski definition) is 3. The van der Waals surface area contributed by atoms with Crippen LogP contribution in [0.2, 0.25) is 0 Å². The highest BCUT2D eigenvalue weighted by molar-refractivity contribution is 5.89. The monoisotopic (exact) mass is 1570 g/mol. The number of rotatable bonds is 39. The Balaban J connectivity index is 0.000000194. The molecule has 14 rings (SSSR count). The molecule has 118 heavy (non-hydrogen) atoms. The van der Waals surface area contributed by atoms with E-state index < -0.39 is 0 Å². The van der Waals surface area contributed by atoms with Crippen LogP contribution in [-0.2, 0) is 36.5 Å². The zero-order valence-corrected chi connectivity index (χ0v) is 74.8. The summed E-state index contributed by atoms with van der Waals surface area (Å²) in [5.74, 6) is 0. The molecule has 3 nitrogen and oxygen atoms in total. The van der Waals surface area contributed by atoms with E-state index in [2.05, 4.69) is 336 Å². The van der Waals surface area contributed by atoms with Gasteiger partial charge in [0.25, 0.3) is 0 Å². The second-order valence-electron chi connectivity index (χ2n) is 35.6. The van der Waals surface area contributed by atoms with Crippen molar-refractivity contribution >= 4 is 51.2 Å². The SMILES string of the molecule is C.CCCCCCC1(CCCCCC)c2cc(C)c(CCCC)cc2-c2cc(CCCC)c(C)cc21.CCCCCCCCC1(CCCCCCCC)c2cc(N(c3ccc(C)cc3)c3ccc(C)cc3)ccc2-c2ccc(N(c3ccc(C)cc3)c3ccc(C)cc3)cc21.Cc1ccc(N(c2ccc(C)cc2)c2ccc3c(c2)CC3)cc1. The largest absolute Gasteiger partial charge is 0.310 e. The average molecular weight is 1570 g/mol. The lowest BCUT2D eigenvalue weighted by atomic mass is 9.70. The smallest absolute Gasteiger partial charge is 0.0465 e. The topological polar surface area (TPSA) is 9.72 Å². The zero-order chi connectivity index (χ0) is 82.3. The minimum Gasteiger partial charge on any atom is -0.310 e. The summed E-state index contributed by atoms with van der Waals surface area (Å²) in [7, 11) is 0.